The van der Waals surface area contributed by atoms with Gasteiger partial charge in [0.1, 0.15) is 5.02 Å². The van der Waals surface area contributed by atoms with Crippen LogP contribution in [0.15, 0.2) is 6.20 Å². The van der Waals surface area contributed by atoms with Gasteiger partial charge in [0.15, 0.2) is 5.82 Å². The second-order valence-corrected chi connectivity index (χ2v) is 3.44. The Morgan fingerprint density at radius 1 is 1.73 bits per heavy atom. The van der Waals surface area contributed by atoms with Crippen molar-refractivity contribution in [1.29, 1.82) is 0 Å². The van der Waals surface area contributed by atoms with Crippen molar-refractivity contribution in [2.75, 3.05) is 12.3 Å². The van der Waals surface area contributed by atoms with E-state index in [1.165, 1.54) is 0 Å². The summed E-state index contributed by atoms with van der Waals surface area (Å²) < 4.78 is 6.41. The summed E-state index contributed by atoms with van der Waals surface area (Å²) in [5.41, 5.74) is 5.46. The number of esters is 1. The lowest BCUT2D eigenvalue weighted by molar-refractivity contribution is -0.143. The van der Waals surface area contributed by atoms with Crippen LogP contribution < -0.4 is 5.73 Å². The highest BCUT2D eigenvalue weighted by Gasteiger charge is 2.04. The topological polar surface area (TPSA) is 70.1 Å². The molecular formula is C9H14ClN3O2. The smallest absolute Gasteiger partial charge is 0.305 e. The van der Waals surface area contributed by atoms with E-state index in [4.69, 9.17) is 22.1 Å². The van der Waals surface area contributed by atoms with Crippen LogP contribution in [0.1, 0.15) is 19.8 Å². The van der Waals surface area contributed by atoms with E-state index in [-0.39, 0.29) is 5.97 Å². The molecule has 0 fully saturated rings. The Hall–Kier alpha value is -1.23. The summed E-state index contributed by atoms with van der Waals surface area (Å²) in [4.78, 5) is 11.0. The van der Waals surface area contributed by atoms with Crippen molar-refractivity contribution in [1.82, 2.24) is 9.78 Å². The molecule has 84 valence electrons. The third-order valence-electron chi connectivity index (χ3n) is 1.82. The first-order chi connectivity index (χ1) is 7.13. The molecule has 6 heteroatoms. The average Bonchev–Trinajstić information content (AvgIpc) is 2.46. The van der Waals surface area contributed by atoms with E-state index in [1.807, 2.05) is 0 Å². The number of aryl methyl sites for hydroxylation is 1. The molecule has 0 aliphatic heterocycles. The molecule has 2 N–H and O–H groups in total. The second-order valence-electron chi connectivity index (χ2n) is 3.03. The molecule has 0 saturated carbocycles. The van der Waals surface area contributed by atoms with Crippen molar-refractivity contribution in [3.8, 4) is 0 Å². The van der Waals surface area contributed by atoms with E-state index in [1.54, 1.807) is 17.8 Å². The van der Waals surface area contributed by atoms with E-state index in [9.17, 15) is 4.79 Å². The van der Waals surface area contributed by atoms with Gasteiger partial charge in [0, 0.05) is 19.2 Å². The number of carbonyl (C=O) groups is 1. The fourth-order valence-corrected chi connectivity index (χ4v) is 1.30. The first-order valence-electron chi connectivity index (χ1n) is 4.77. The number of rotatable bonds is 5. The Balaban J connectivity index is 2.28. The number of nitrogen functional groups attached to an aromatic ring is 1. The Morgan fingerprint density at radius 2 is 2.47 bits per heavy atom. The molecule has 0 spiro atoms. The third kappa shape index (κ3) is 3.79. The first kappa shape index (κ1) is 11.8. The summed E-state index contributed by atoms with van der Waals surface area (Å²) in [7, 11) is 0. The van der Waals surface area contributed by atoms with Gasteiger partial charge in [0.2, 0.25) is 0 Å². The molecule has 0 radical (unpaired) electrons. The number of hydrogen-bond donors (Lipinski definition) is 1. The maximum absolute atomic E-state index is 11.0. The minimum absolute atomic E-state index is 0.191. The van der Waals surface area contributed by atoms with Crippen LogP contribution in [0.25, 0.3) is 0 Å². The number of aromatic nitrogens is 2. The van der Waals surface area contributed by atoms with Crippen molar-refractivity contribution >= 4 is 23.4 Å². The van der Waals surface area contributed by atoms with Gasteiger partial charge in [-0.3, -0.25) is 9.48 Å². The third-order valence-corrected chi connectivity index (χ3v) is 2.11. The van der Waals surface area contributed by atoms with Crippen molar-refractivity contribution in [2.45, 2.75) is 26.3 Å². The molecule has 0 amide bonds. The monoisotopic (exact) mass is 231 g/mol. The van der Waals surface area contributed by atoms with Crippen LogP contribution in [-0.2, 0) is 16.1 Å². The fourth-order valence-electron chi connectivity index (χ4n) is 1.15. The summed E-state index contributed by atoms with van der Waals surface area (Å²) in [5.74, 6) is 0.122. The molecule has 0 unspecified atom stereocenters. The molecule has 0 aromatic carbocycles. The molecule has 0 atom stereocenters. The van der Waals surface area contributed by atoms with Gasteiger partial charge in [-0.1, -0.05) is 11.6 Å². The first-order valence-corrected chi connectivity index (χ1v) is 5.15. The molecule has 0 bridgehead atoms. The molecule has 1 rings (SSSR count). The zero-order valence-electron chi connectivity index (χ0n) is 8.57. The normalized spacial score (nSPS) is 10.3. The highest BCUT2D eigenvalue weighted by atomic mass is 35.5. The predicted molar refractivity (Wildman–Crippen MR) is 57.5 cm³/mol. The van der Waals surface area contributed by atoms with E-state index >= 15 is 0 Å². The summed E-state index contributed by atoms with van der Waals surface area (Å²) in [6.07, 6.45) is 2.68. The van der Waals surface area contributed by atoms with Crippen molar-refractivity contribution < 1.29 is 9.53 Å². The maximum Gasteiger partial charge on any atom is 0.305 e. The van der Waals surface area contributed by atoms with E-state index in [0.717, 1.165) is 0 Å². The van der Waals surface area contributed by atoms with Gasteiger partial charge in [0.25, 0.3) is 0 Å². The number of anilines is 1. The number of nitrogens with zero attached hydrogens (tertiary/aromatic N) is 2. The summed E-state index contributed by atoms with van der Waals surface area (Å²) >= 11 is 5.72. The van der Waals surface area contributed by atoms with E-state index in [0.29, 0.717) is 36.8 Å². The highest BCUT2D eigenvalue weighted by Crippen LogP contribution is 2.15. The molecule has 15 heavy (non-hydrogen) atoms. The van der Waals surface area contributed by atoms with Crippen LogP contribution in [-0.4, -0.2) is 22.4 Å². The quantitative estimate of drug-likeness (QED) is 0.779. The van der Waals surface area contributed by atoms with Gasteiger partial charge in [0.05, 0.1) is 6.61 Å². The SMILES string of the molecule is CCOC(=O)CCCn1cc(Cl)c(N)n1. The molecule has 1 heterocycles. The predicted octanol–water partition coefficient (Wildman–Crippen LogP) is 1.46. The van der Waals surface area contributed by atoms with Gasteiger partial charge in [-0.05, 0) is 13.3 Å². The van der Waals surface area contributed by atoms with Crippen molar-refractivity contribution in [3.05, 3.63) is 11.2 Å². The minimum atomic E-state index is -0.191. The Labute approximate surface area is 93.1 Å². The number of hydrogen-bond acceptors (Lipinski definition) is 4. The Bertz CT molecular complexity index is 319. The minimum Gasteiger partial charge on any atom is -0.466 e. The molecule has 0 aliphatic carbocycles. The van der Waals surface area contributed by atoms with Gasteiger partial charge < -0.3 is 10.5 Å². The summed E-state index contributed by atoms with van der Waals surface area (Å²) in [5, 5.41) is 4.40. The molecule has 1 aromatic rings. The molecular weight excluding hydrogens is 218 g/mol. The van der Waals surface area contributed by atoms with E-state index in [2.05, 4.69) is 5.10 Å². The maximum atomic E-state index is 11.0. The second kappa shape index (κ2) is 5.60. The molecule has 0 aliphatic rings. The van der Waals surface area contributed by atoms with Crippen LogP contribution in [0.3, 0.4) is 0 Å². The van der Waals surface area contributed by atoms with Gasteiger partial charge >= 0.3 is 5.97 Å². The zero-order chi connectivity index (χ0) is 11.3. The van der Waals surface area contributed by atoms with Crippen molar-refractivity contribution in [3.63, 3.8) is 0 Å². The summed E-state index contributed by atoms with van der Waals surface area (Å²) in [6.45, 7) is 2.81. The zero-order valence-corrected chi connectivity index (χ0v) is 9.33. The molecule has 5 nitrogen and oxygen atoms in total. The van der Waals surface area contributed by atoms with Crippen LogP contribution in [0, 0.1) is 0 Å². The fraction of sp³-hybridized carbons (Fsp3) is 0.556. The number of ether oxygens (including phenoxy) is 1. The Morgan fingerprint density at radius 3 is 3.00 bits per heavy atom. The Kier molecular flexibility index (Phi) is 4.42. The van der Waals surface area contributed by atoms with Gasteiger partial charge in [-0.25, -0.2) is 0 Å². The lowest BCUT2D eigenvalue weighted by Crippen LogP contribution is -2.06. The number of carbonyl (C=O) groups excluding carboxylic acids is 1. The lowest BCUT2D eigenvalue weighted by Gasteiger charge is -2.01. The van der Waals surface area contributed by atoms with E-state index < -0.39 is 0 Å². The standard InChI is InChI=1S/C9H14ClN3O2/c1-2-15-8(14)4-3-5-13-6-7(10)9(11)12-13/h6H,2-5H2,1H3,(H2,11,12). The van der Waals surface area contributed by atoms with Crippen LogP contribution in [0.2, 0.25) is 5.02 Å². The lowest BCUT2D eigenvalue weighted by atomic mass is 10.3. The number of nitrogens with two attached hydrogens (primary N) is 1. The number of halogens is 1. The molecule has 1 aromatic heterocycles. The van der Waals surface area contributed by atoms with Crippen LogP contribution in [0.5, 0.6) is 0 Å². The van der Waals surface area contributed by atoms with Gasteiger partial charge in [-0.15, -0.1) is 0 Å². The van der Waals surface area contributed by atoms with Crippen molar-refractivity contribution in [2.24, 2.45) is 0 Å². The average molecular weight is 232 g/mol. The van der Waals surface area contributed by atoms with Crippen LogP contribution in [0.4, 0.5) is 5.82 Å². The van der Waals surface area contributed by atoms with Crippen LogP contribution >= 0.6 is 11.6 Å². The highest BCUT2D eigenvalue weighted by molar-refractivity contribution is 6.32. The van der Waals surface area contributed by atoms with Gasteiger partial charge in [-0.2, -0.15) is 5.10 Å². The molecule has 0 saturated heterocycles. The largest absolute Gasteiger partial charge is 0.466 e. The summed E-state index contributed by atoms with van der Waals surface area (Å²) in [6, 6.07) is 0.